The summed E-state index contributed by atoms with van der Waals surface area (Å²) in [7, 11) is 0. The number of amides is 1. The van der Waals surface area contributed by atoms with Crippen LogP contribution in [-0.2, 0) is 6.54 Å². The molecule has 21 heavy (non-hydrogen) atoms. The Kier molecular flexibility index (Phi) is 5.26. The van der Waals surface area contributed by atoms with Crippen molar-refractivity contribution in [3.05, 3.63) is 11.9 Å². The third kappa shape index (κ3) is 4.48. The minimum Gasteiger partial charge on any atom is -0.356 e. The van der Waals surface area contributed by atoms with Crippen molar-refractivity contribution in [2.24, 2.45) is 5.41 Å². The molecule has 5 nitrogen and oxygen atoms in total. The van der Waals surface area contributed by atoms with Gasteiger partial charge >= 0.3 is 0 Å². The first-order valence-corrected chi connectivity index (χ1v) is 8.11. The van der Waals surface area contributed by atoms with Crippen molar-refractivity contribution in [2.75, 3.05) is 18.4 Å². The molecule has 0 atom stereocenters. The summed E-state index contributed by atoms with van der Waals surface area (Å²) in [5, 5.41) is 6.25. The molecule has 2 heterocycles. The van der Waals surface area contributed by atoms with Crippen molar-refractivity contribution in [3.63, 3.8) is 0 Å². The predicted octanol–water partition coefficient (Wildman–Crippen LogP) is 3.04. The molecular formula is C16H28N4O. The van der Waals surface area contributed by atoms with Gasteiger partial charge in [-0.2, -0.15) is 0 Å². The smallest absolute Gasteiger partial charge is 0.271 e. The van der Waals surface area contributed by atoms with Gasteiger partial charge in [-0.05, 0) is 18.3 Å². The Labute approximate surface area is 127 Å². The number of nitrogens with one attached hydrogen (secondary N) is 2. The second-order valence-corrected chi connectivity index (χ2v) is 6.73. The molecule has 1 aromatic heterocycles. The van der Waals surface area contributed by atoms with Crippen molar-refractivity contribution >= 4 is 11.9 Å². The van der Waals surface area contributed by atoms with Crippen LogP contribution in [-0.4, -0.2) is 28.5 Å². The summed E-state index contributed by atoms with van der Waals surface area (Å²) < 4.78 is 2.02. The zero-order chi connectivity index (χ0) is 15.3. The third-order valence-electron chi connectivity index (χ3n) is 4.05. The first kappa shape index (κ1) is 15.9. The molecule has 0 unspecified atom stereocenters. The predicted molar refractivity (Wildman–Crippen MR) is 85.6 cm³/mol. The molecule has 2 rings (SSSR count). The zero-order valence-electron chi connectivity index (χ0n) is 13.5. The van der Waals surface area contributed by atoms with Gasteiger partial charge in [0.15, 0.2) is 0 Å². The number of nitrogens with zero attached hydrogens (tertiary/aromatic N) is 2. The molecule has 2 N–H and O–H groups in total. The van der Waals surface area contributed by atoms with Crippen molar-refractivity contribution in [1.29, 1.82) is 0 Å². The highest BCUT2D eigenvalue weighted by atomic mass is 16.1. The number of carbonyl (C=O) groups excluding carboxylic acids is 1. The summed E-state index contributed by atoms with van der Waals surface area (Å²) >= 11 is 0. The van der Waals surface area contributed by atoms with Crippen LogP contribution in [0.25, 0.3) is 0 Å². The average Bonchev–Trinajstić information content (AvgIpc) is 2.89. The fourth-order valence-electron chi connectivity index (χ4n) is 2.64. The van der Waals surface area contributed by atoms with Gasteiger partial charge in [0.2, 0.25) is 5.95 Å². The van der Waals surface area contributed by atoms with E-state index in [1.54, 1.807) is 0 Å². The van der Waals surface area contributed by atoms with Crippen molar-refractivity contribution < 1.29 is 4.79 Å². The van der Waals surface area contributed by atoms with Gasteiger partial charge in [-0.25, -0.2) is 4.98 Å². The van der Waals surface area contributed by atoms with Crippen molar-refractivity contribution in [2.45, 2.75) is 59.4 Å². The maximum absolute atomic E-state index is 12.2. The van der Waals surface area contributed by atoms with Crippen LogP contribution >= 0.6 is 0 Å². The molecular weight excluding hydrogens is 264 g/mol. The lowest BCUT2D eigenvalue weighted by Gasteiger charge is -2.24. The first-order valence-electron chi connectivity index (χ1n) is 8.11. The van der Waals surface area contributed by atoms with Crippen LogP contribution in [0.15, 0.2) is 6.20 Å². The Morgan fingerprint density at radius 2 is 2.29 bits per heavy atom. The number of unbranched alkanes of at least 4 members (excludes halogenated alkanes) is 2. The number of hydrogen-bond acceptors (Lipinski definition) is 3. The molecule has 0 radical (unpaired) electrons. The van der Waals surface area contributed by atoms with Crippen LogP contribution < -0.4 is 10.6 Å². The van der Waals surface area contributed by atoms with Crippen molar-refractivity contribution in [3.8, 4) is 0 Å². The molecule has 0 fully saturated rings. The Morgan fingerprint density at radius 1 is 1.48 bits per heavy atom. The largest absolute Gasteiger partial charge is 0.356 e. The number of fused-ring (bicyclic) bond motifs is 1. The van der Waals surface area contributed by atoms with Gasteiger partial charge in [-0.1, -0.05) is 40.0 Å². The lowest BCUT2D eigenvalue weighted by atomic mass is 9.87. The topological polar surface area (TPSA) is 59.0 Å². The molecule has 0 bridgehead atoms. The second kappa shape index (κ2) is 6.96. The normalized spacial score (nSPS) is 14.4. The SMILES string of the molecule is CCCCCC(C)(C)CNC(=O)c1cn2c(n1)NCCC2. The molecule has 0 saturated carbocycles. The van der Waals surface area contributed by atoms with Gasteiger partial charge < -0.3 is 15.2 Å². The van der Waals surface area contributed by atoms with E-state index in [0.29, 0.717) is 12.2 Å². The van der Waals surface area contributed by atoms with Gasteiger partial charge in [0, 0.05) is 25.8 Å². The third-order valence-corrected chi connectivity index (χ3v) is 4.05. The quantitative estimate of drug-likeness (QED) is 0.759. The highest BCUT2D eigenvalue weighted by Gasteiger charge is 2.21. The van der Waals surface area contributed by atoms with Crippen LogP contribution in [0.1, 0.15) is 63.4 Å². The van der Waals surface area contributed by atoms with Crippen LogP contribution in [0.5, 0.6) is 0 Å². The monoisotopic (exact) mass is 292 g/mol. The molecule has 1 amide bonds. The number of hydrogen-bond donors (Lipinski definition) is 2. The van der Waals surface area contributed by atoms with Crippen molar-refractivity contribution in [1.82, 2.24) is 14.9 Å². The molecule has 118 valence electrons. The van der Waals surface area contributed by atoms with E-state index in [0.717, 1.165) is 31.9 Å². The van der Waals surface area contributed by atoms with Gasteiger partial charge in [-0.15, -0.1) is 0 Å². The van der Waals surface area contributed by atoms with Gasteiger partial charge in [0.25, 0.3) is 5.91 Å². The number of imidazole rings is 1. The Morgan fingerprint density at radius 3 is 3.00 bits per heavy atom. The number of rotatable bonds is 7. The lowest BCUT2D eigenvalue weighted by molar-refractivity contribution is 0.0929. The first-order chi connectivity index (χ1) is 10.0. The van der Waals surface area contributed by atoms with Crippen LogP contribution in [0.2, 0.25) is 0 Å². The van der Waals surface area contributed by atoms with E-state index in [1.165, 1.54) is 19.3 Å². The van der Waals surface area contributed by atoms with Crippen LogP contribution in [0.3, 0.4) is 0 Å². The minimum absolute atomic E-state index is 0.0673. The average molecular weight is 292 g/mol. The minimum atomic E-state index is -0.0673. The molecule has 1 aliphatic rings. The summed E-state index contributed by atoms with van der Waals surface area (Å²) in [5.41, 5.74) is 0.659. The van der Waals surface area contributed by atoms with E-state index < -0.39 is 0 Å². The van der Waals surface area contributed by atoms with E-state index in [-0.39, 0.29) is 11.3 Å². The Balaban J connectivity index is 1.85. The molecule has 0 aromatic carbocycles. The Bertz CT molecular complexity index is 455. The molecule has 0 spiro atoms. The van der Waals surface area contributed by atoms with Crippen LogP contribution in [0, 0.1) is 5.41 Å². The van der Waals surface area contributed by atoms with E-state index in [4.69, 9.17) is 0 Å². The maximum atomic E-state index is 12.2. The summed E-state index contributed by atoms with van der Waals surface area (Å²) in [6.45, 7) is 9.20. The van der Waals surface area contributed by atoms with Gasteiger partial charge in [0.1, 0.15) is 5.69 Å². The molecule has 0 saturated heterocycles. The number of anilines is 1. The summed E-state index contributed by atoms with van der Waals surface area (Å²) in [6, 6.07) is 0. The summed E-state index contributed by atoms with van der Waals surface area (Å²) in [6.07, 6.45) is 7.78. The van der Waals surface area contributed by atoms with E-state index in [9.17, 15) is 4.79 Å². The summed E-state index contributed by atoms with van der Waals surface area (Å²) in [5.74, 6) is 0.746. The fourth-order valence-corrected chi connectivity index (χ4v) is 2.64. The van der Waals surface area contributed by atoms with E-state index in [1.807, 2.05) is 10.8 Å². The fraction of sp³-hybridized carbons (Fsp3) is 0.750. The second-order valence-electron chi connectivity index (χ2n) is 6.73. The standard InChI is InChI=1S/C16H28N4O/c1-4-5-6-8-16(2,3)12-18-14(21)13-11-20-10-7-9-17-15(20)19-13/h11H,4-10,12H2,1-3H3,(H,17,19)(H,18,21). The molecule has 5 heteroatoms. The van der Waals surface area contributed by atoms with Crippen LogP contribution in [0.4, 0.5) is 5.95 Å². The van der Waals surface area contributed by atoms with E-state index >= 15 is 0 Å². The highest BCUT2D eigenvalue weighted by Crippen LogP contribution is 2.23. The number of aromatic nitrogens is 2. The molecule has 0 aliphatic carbocycles. The number of carbonyl (C=O) groups is 1. The highest BCUT2D eigenvalue weighted by molar-refractivity contribution is 5.92. The molecule has 1 aliphatic heterocycles. The number of aryl methyl sites for hydroxylation is 1. The Hall–Kier alpha value is -1.52. The van der Waals surface area contributed by atoms with E-state index in [2.05, 4.69) is 36.4 Å². The molecule has 1 aromatic rings. The lowest BCUT2D eigenvalue weighted by Crippen LogP contribution is -2.34. The maximum Gasteiger partial charge on any atom is 0.271 e. The van der Waals surface area contributed by atoms with Gasteiger partial charge in [-0.3, -0.25) is 4.79 Å². The summed E-state index contributed by atoms with van der Waals surface area (Å²) in [4.78, 5) is 16.6. The van der Waals surface area contributed by atoms with Gasteiger partial charge in [0.05, 0.1) is 0 Å². The zero-order valence-corrected chi connectivity index (χ0v) is 13.5.